The van der Waals surface area contributed by atoms with Crippen molar-refractivity contribution in [1.82, 2.24) is 15.2 Å². The van der Waals surface area contributed by atoms with E-state index in [0.717, 1.165) is 48.3 Å². The van der Waals surface area contributed by atoms with E-state index in [-0.39, 0.29) is 18.4 Å². The van der Waals surface area contributed by atoms with Crippen LogP contribution < -0.4 is 10.1 Å². The Morgan fingerprint density at radius 3 is 2.73 bits per heavy atom. The normalized spacial score (nSPS) is 15.6. The van der Waals surface area contributed by atoms with Crippen molar-refractivity contribution >= 4 is 28.6 Å². The number of thiazole rings is 1. The third kappa shape index (κ3) is 5.26. The molecule has 3 heterocycles. The van der Waals surface area contributed by atoms with Gasteiger partial charge in [-0.3, -0.25) is 9.69 Å². The number of amides is 1. The van der Waals surface area contributed by atoms with Gasteiger partial charge in [0.2, 0.25) is 5.91 Å². The summed E-state index contributed by atoms with van der Waals surface area (Å²) >= 11 is 3.28. The third-order valence-electron chi connectivity index (χ3n) is 5.08. The minimum atomic E-state index is -0.00334. The zero-order valence-corrected chi connectivity index (χ0v) is 18.5. The Bertz CT molecular complexity index is 935. The van der Waals surface area contributed by atoms with Gasteiger partial charge in [0, 0.05) is 35.5 Å². The zero-order chi connectivity index (χ0) is 20.8. The third-order valence-corrected chi connectivity index (χ3v) is 6.99. The van der Waals surface area contributed by atoms with Crippen LogP contribution in [0.3, 0.4) is 0 Å². The monoisotopic (exact) mass is 443 g/mol. The second-order valence-corrected chi connectivity index (χ2v) is 8.87. The summed E-state index contributed by atoms with van der Waals surface area (Å²) in [5, 5.41) is 8.06. The van der Waals surface area contributed by atoms with E-state index in [0.29, 0.717) is 6.54 Å². The lowest BCUT2D eigenvalue weighted by atomic mass is 10.2. The molecule has 1 unspecified atom stereocenters. The van der Waals surface area contributed by atoms with Crippen LogP contribution >= 0.6 is 22.7 Å². The molecule has 4 rings (SSSR count). The maximum atomic E-state index is 12.6. The fraction of sp³-hybridized carbons (Fsp3) is 0.364. The van der Waals surface area contributed by atoms with Crippen molar-refractivity contribution in [3.05, 3.63) is 57.7 Å². The molecule has 1 aliphatic rings. The van der Waals surface area contributed by atoms with Crippen LogP contribution in [-0.4, -0.2) is 55.7 Å². The predicted molar refractivity (Wildman–Crippen MR) is 120 cm³/mol. The smallest absolute Gasteiger partial charge is 0.226 e. The van der Waals surface area contributed by atoms with Crippen LogP contribution in [0.1, 0.15) is 16.6 Å². The van der Waals surface area contributed by atoms with E-state index in [4.69, 9.17) is 9.47 Å². The minimum Gasteiger partial charge on any atom is -0.497 e. The first-order valence-electron chi connectivity index (χ1n) is 9.93. The minimum absolute atomic E-state index is 0.00334. The number of rotatable bonds is 8. The van der Waals surface area contributed by atoms with Crippen molar-refractivity contribution in [2.45, 2.75) is 12.5 Å². The predicted octanol–water partition coefficient (Wildman–Crippen LogP) is 3.61. The SMILES string of the molecule is COc1ccc(-c2nc(CC(=O)NCC(c3cccs3)N3CCOCC3)cs2)cc1. The molecule has 1 amide bonds. The Hall–Kier alpha value is -2.26. The molecule has 1 atom stereocenters. The van der Waals surface area contributed by atoms with Crippen molar-refractivity contribution in [2.75, 3.05) is 40.0 Å². The number of nitrogens with one attached hydrogen (secondary N) is 1. The summed E-state index contributed by atoms with van der Waals surface area (Å²) in [6, 6.07) is 12.2. The highest BCUT2D eigenvalue weighted by Gasteiger charge is 2.24. The molecule has 0 aliphatic carbocycles. The Balaban J connectivity index is 1.35. The first-order chi connectivity index (χ1) is 14.7. The van der Waals surface area contributed by atoms with Gasteiger partial charge in [-0.15, -0.1) is 22.7 Å². The van der Waals surface area contributed by atoms with Gasteiger partial charge in [-0.25, -0.2) is 4.98 Å². The van der Waals surface area contributed by atoms with Crippen LogP contribution in [0.15, 0.2) is 47.2 Å². The molecule has 0 saturated carbocycles. The number of ether oxygens (including phenoxy) is 2. The van der Waals surface area contributed by atoms with E-state index in [1.54, 1.807) is 29.8 Å². The van der Waals surface area contributed by atoms with Crippen molar-refractivity contribution in [3.8, 4) is 16.3 Å². The number of carbonyl (C=O) groups excluding carboxylic acids is 1. The van der Waals surface area contributed by atoms with Gasteiger partial charge < -0.3 is 14.8 Å². The standard InChI is InChI=1S/C22H25N3O3S2/c1-27-18-6-4-16(5-7-18)22-24-17(15-30-22)13-21(26)23-14-19(20-3-2-12-29-20)25-8-10-28-11-9-25/h2-7,12,15,19H,8-11,13-14H2,1H3,(H,23,26). The quantitative estimate of drug-likeness (QED) is 0.576. The first kappa shape index (κ1) is 21.0. The van der Waals surface area contributed by atoms with Gasteiger partial charge in [0.1, 0.15) is 10.8 Å². The van der Waals surface area contributed by atoms with Crippen molar-refractivity contribution in [2.24, 2.45) is 0 Å². The molecular weight excluding hydrogens is 418 g/mol. The van der Waals surface area contributed by atoms with Gasteiger partial charge in [0.25, 0.3) is 0 Å². The fourth-order valence-corrected chi connectivity index (χ4v) is 5.16. The van der Waals surface area contributed by atoms with Gasteiger partial charge >= 0.3 is 0 Å². The summed E-state index contributed by atoms with van der Waals surface area (Å²) in [7, 11) is 1.65. The number of morpholine rings is 1. The Morgan fingerprint density at radius 2 is 2.03 bits per heavy atom. The molecule has 30 heavy (non-hydrogen) atoms. The molecular formula is C22H25N3O3S2. The summed E-state index contributed by atoms with van der Waals surface area (Å²) in [4.78, 5) is 20.9. The van der Waals surface area contributed by atoms with Crippen LogP contribution in [0.4, 0.5) is 0 Å². The Labute approximate surface area is 184 Å². The zero-order valence-electron chi connectivity index (χ0n) is 16.9. The van der Waals surface area contributed by atoms with Crippen LogP contribution in [0.5, 0.6) is 5.75 Å². The van der Waals surface area contributed by atoms with Crippen molar-refractivity contribution < 1.29 is 14.3 Å². The number of benzene rings is 1. The lowest BCUT2D eigenvalue weighted by Gasteiger charge is -2.34. The molecule has 1 aliphatic heterocycles. The Kier molecular flexibility index (Phi) is 7.11. The Morgan fingerprint density at radius 1 is 1.23 bits per heavy atom. The molecule has 3 aromatic rings. The number of hydrogen-bond donors (Lipinski definition) is 1. The van der Waals surface area contributed by atoms with Crippen molar-refractivity contribution in [3.63, 3.8) is 0 Å². The summed E-state index contributed by atoms with van der Waals surface area (Å²) in [6.45, 7) is 3.84. The lowest BCUT2D eigenvalue weighted by molar-refractivity contribution is -0.120. The molecule has 6 nitrogen and oxygen atoms in total. The molecule has 2 aromatic heterocycles. The maximum Gasteiger partial charge on any atom is 0.226 e. The molecule has 1 aromatic carbocycles. The van der Waals surface area contributed by atoms with Crippen molar-refractivity contribution in [1.29, 1.82) is 0 Å². The van der Waals surface area contributed by atoms with Gasteiger partial charge in [0.05, 0.1) is 38.5 Å². The molecule has 1 saturated heterocycles. The number of carbonyl (C=O) groups is 1. The molecule has 8 heteroatoms. The van der Waals surface area contributed by atoms with E-state index in [1.807, 2.05) is 29.6 Å². The second kappa shape index (κ2) is 10.2. The highest BCUT2D eigenvalue weighted by atomic mass is 32.1. The molecule has 1 fully saturated rings. The van der Waals surface area contributed by atoms with Gasteiger partial charge in [-0.2, -0.15) is 0 Å². The van der Waals surface area contributed by atoms with Crippen LogP contribution in [0.25, 0.3) is 10.6 Å². The fourth-order valence-electron chi connectivity index (χ4n) is 3.47. The number of aromatic nitrogens is 1. The highest BCUT2D eigenvalue weighted by Crippen LogP contribution is 2.27. The van der Waals surface area contributed by atoms with E-state index in [1.165, 1.54) is 4.88 Å². The average Bonchev–Trinajstić information content (AvgIpc) is 3.47. The summed E-state index contributed by atoms with van der Waals surface area (Å²) < 4.78 is 10.7. The van der Waals surface area contributed by atoms with Gasteiger partial charge in [0.15, 0.2) is 0 Å². The van der Waals surface area contributed by atoms with E-state index in [9.17, 15) is 4.79 Å². The first-order valence-corrected chi connectivity index (χ1v) is 11.7. The van der Waals surface area contributed by atoms with E-state index in [2.05, 4.69) is 32.7 Å². The van der Waals surface area contributed by atoms with Gasteiger partial charge in [-0.1, -0.05) is 6.07 Å². The summed E-state index contributed by atoms with van der Waals surface area (Å²) in [5.74, 6) is 0.812. The average molecular weight is 444 g/mol. The summed E-state index contributed by atoms with van der Waals surface area (Å²) in [6.07, 6.45) is 0.285. The van der Waals surface area contributed by atoms with Crippen LogP contribution in [0.2, 0.25) is 0 Å². The molecule has 1 N–H and O–H groups in total. The number of methoxy groups -OCH3 is 1. The van der Waals surface area contributed by atoms with Crippen LogP contribution in [0, 0.1) is 0 Å². The number of nitrogens with zero attached hydrogens (tertiary/aromatic N) is 2. The van der Waals surface area contributed by atoms with Crippen LogP contribution in [-0.2, 0) is 16.0 Å². The number of hydrogen-bond acceptors (Lipinski definition) is 7. The summed E-state index contributed by atoms with van der Waals surface area (Å²) in [5.41, 5.74) is 1.82. The molecule has 0 radical (unpaired) electrons. The largest absolute Gasteiger partial charge is 0.497 e. The van der Waals surface area contributed by atoms with E-state index < -0.39 is 0 Å². The van der Waals surface area contributed by atoms with E-state index >= 15 is 0 Å². The lowest BCUT2D eigenvalue weighted by Crippen LogP contribution is -2.43. The van der Waals surface area contributed by atoms with Gasteiger partial charge in [-0.05, 0) is 35.7 Å². The molecule has 0 spiro atoms. The highest BCUT2D eigenvalue weighted by molar-refractivity contribution is 7.13. The molecule has 158 valence electrons. The maximum absolute atomic E-state index is 12.6. The molecule has 0 bridgehead atoms. The topological polar surface area (TPSA) is 63.7 Å². The number of thiophene rings is 1. The second-order valence-electron chi connectivity index (χ2n) is 7.03.